The van der Waals surface area contributed by atoms with Crippen LogP contribution in [-0.4, -0.2) is 59.8 Å². The Kier molecular flexibility index (Phi) is 8.07. The van der Waals surface area contributed by atoms with Crippen molar-refractivity contribution in [3.05, 3.63) is 35.4 Å². The van der Waals surface area contributed by atoms with E-state index in [2.05, 4.69) is 0 Å². The number of aliphatic hydroxyl groups excluding tert-OH is 1. The molecule has 2 fully saturated rings. The van der Waals surface area contributed by atoms with Crippen molar-refractivity contribution in [2.24, 2.45) is 5.92 Å². The second kappa shape index (κ2) is 10.8. The van der Waals surface area contributed by atoms with Gasteiger partial charge in [0.05, 0.1) is 19.3 Å². The van der Waals surface area contributed by atoms with Crippen molar-refractivity contribution < 1.29 is 29.0 Å². The fourth-order valence-electron chi connectivity index (χ4n) is 4.25. The van der Waals surface area contributed by atoms with Crippen LogP contribution in [0.15, 0.2) is 24.3 Å². The molecule has 1 saturated heterocycles. The topological polar surface area (TPSA) is 93.1 Å². The lowest BCUT2D eigenvalue weighted by molar-refractivity contribution is -0.147. The van der Waals surface area contributed by atoms with Crippen LogP contribution in [0.1, 0.15) is 74.2 Å². The third-order valence-electron chi connectivity index (χ3n) is 5.98. The van der Waals surface area contributed by atoms with Crippen molar-refractivity contribution in [3.63, 3.8) is 0 Å². The minimum atomic E-state index is -0.948. The van der Waals surface area contributed by atoms with Crippen molar-refractivity contribution >= 4 is 17.8 Å². The van der Waals surface area contributed by atoms with E-state index >= 15 is 0 Å². The summed E-state index contributed by atoms with van der Waals surface area (Å²) in [4.78, 5) is 38.4. The predicted molar refractivity (Wildman–Crippen MR) is 115 cm³/mol. The van der Waals surface area contributed by atoms with Gasteiger partial charge < -0.3 is 14.6 Å². The number of rotatable bonds is 7. The van der Waals surface area contributed by atoms with Crippen LogP contribution in [0.3, 0.4) is 0 Å². The van der Waals surface area contributed by atoms with Crippen molar-refractivity contribution in [1.29, 1.82) is 0 Å². The number of carbonyl (C=O) groups is 3. The number of nitrogens with zero attached hydrogens (tertiary/aromatic N) is 1. The van der Waals surface area contributed by atoms with Gasteiger partial charge in [0.1, 0.15) is 6.04 Å². The van der Waals surface area contributed by atoms with Crippen LogP contribution in [0.5, 0.6) is 0 Å². The number of hydrogen-bond acceptors (Lipinski definition) is 6. The van der Waals surface area contributed by atoms with E-state index in [-0.39, 0.29) is 31.3 Å². The van der Waals surface area contributed by atoms with Crippen molar-refractivity contribution in [3.8, 4) is 0 Å². The first kappa shape index (κ1) is 23.3. The molecule has 2 atom stereocenters. The molecule has 170 valence electrons. The number of benzene rings is 1. The third-order valence-corrected chi connectivity index (χ3v) is 5.98. The summed E-state index contributed by atoms with van der Waals surface area (Å²) in [7, 11) is 0. The molecule has 0 spiro atoms. The van der Waals surface area contributed by atoms with Gasteiger partial charge in [-0.15, -0.1) is 0 Å². The number of esters is 1. The Labute approximate surface area is 183 Å². The lowest BCUT2D eigenvalue weighted by atomic mass is 9.84. The van der Waals surface area contributed by atoms with Crippen molar-refractivity contribution in [2.45, 2.75) is 70.4 Å². The molecule has 7 nitrogen and oxygen atoms in total. The van der Waals surface area contributed by atoms with Crippen LogP contribution in [-0.2, 0) is 14.3 Å². The van der Waals surface area contributed by atoms with E-state index in [0.717, 1.165) is 0 Å². The molecule has 1 aromatic carbocycles. The maximum atomic E-state index is 12.5. The molecule has 31 heavy (non-hydrogen) atoms. The van der Waals surface area contributed by atoms with Gasteiger partial charge in [-0.3, -0.25) is 9.69 Å². The Morgan fingerprint density at radius 3 is 2.39 bits per heavy atom. The normalized spacial score (nSPS) is 21.9. The fraction of sp³-hybridized carbons (Fsp3) is 0.625. The Morgan fingerprint density at radius 1 is 1.06 bits per heavy atom. The van der Waals surface area contributed by atoms with E-state index in [1.165, 1.54) is 42.6 Å². The van der Waals surface area contributed by atoms with Gasteiger partial charge in [0.2, 0.25) is 0 Å². The number of Topliss-reactive ketones (excluding diaryl/α,β-unsaturated/α-hetero) is 1. The van der Waals surface area contributed by atoms with Crippen LogP contribution in [0.2, 0.25) is 0 Å². The lowest BCUT2D eigenvalue weighted by Gasteiger charge is -2.23. The summed E-state index contributed by atoms with van der Waals surface area (Å²) in [6.45, 7) is 3.65. The van der Waals surface area contributed by atoms with Gasteiger partial charge >= 0.3 is 12.1 Å². The molecule has 1 aliphatic carbocycles. The summed E-state index contributed by atoms with van der Waals surface area (Å²) in [5.74, 6) is -0.281. The van der Waals surface area contributed by atoms with Crippen molar-refractivity contribution in [1.82, 2.24) is 4.90 Å². The van der Waals surface area contributed by atoms with Crippen LogP contribution < -0.4 is 0 Å². The highest BCUT2D eigenvalue weighted by atomic mass is 16.6. The Bertz CT molecular complexity index is 769. The van der Waals surface area contributed by atoms with E-state index in [1.807, 2.05) is 26.0 Å². The highest BCUT2D eigenvalue weighted by molar-refractivity contribution is 5.98. The summed E-state index contributed by atoms with van der Waals surface area (Å²) < 4.78 is 10.4. The van der Waals surface area contributed by atoms with E-state index in [1.54, 1.807) is 12.1 Å². The quantitative estimate of drug-likeness (QED) is 0.523. The first-order valence-electron chi connectivity index (χ1n) is 11.3. The first-order chi connectivity index (χ1) is 14.8. The fourth-order valence-corrected chi connectivity index (χ4v) is 4.25. The molecule has 1 N–H and O–H groups in total. The molecule has 0 bridgehead atoms. The number of carbonyl (C=O) groups excluding carboxylic acids is 3. The second-order valence-corrected chi connectivity index (χ2v) is 9.02. The number of amides is 1. The molecule has 1 unspecified atom stereocenters. The van der Waals surface area contributed by atoms with Gasteiger partial charge in [-0.05, 0) is 30.2 Å². The molecule has 1 aromatic rings. The van der Waals surface area contributed by atoms with Crippen LogP contribution in [0.4, 0.5) is 4.79 Å². The molecule has 7 heteroatoms. The summed E-state index contributed by atoms with van der Waals surface area (Å²) in [6.07, 6.45) is 4.76. The summed E-state index contributed by atoms with van der Waals surface area (Å²) in [5, 5.41) is 9.91. The summed E-state index contributed by atoms with van der Waals surface area (Å²) in [6, 6.07) is 6.61. The third kappa shape index (κ3) is 6.29. The monoisotopic (exact) mass is 431 g/mol. The number of ether oxygens (including phenoxy) is 2. The number of hydrogen-bond donors (Lipinski definition) is 1. The number of ketones is 1. The van der Waals surface area contributed by atoms with Gasteiger partial charge in [0, 0.05) is 12.0 Å². The highest BCUT2D eigenvalue weighted by Gasteiger charge is 2.41. The smallest absolute Gasteiger partial charge is 0.410 e. The van der Waals surface area contributed by atoms with Gasteiger partial charge in [0.25, 0.3) is 0 Å². The standard InChI is InChI=1S/C24H33NO6/c1-16(2)14-31-24(29)25-13-20(26)12-21(25)23(28)30-15-22(27)19-10-8-18(9-11-19)17-6-4-3-5-7-17/h8-11,16-17,20-21,26H,3-7,12-15H2,1-2H3/t20?,21-/m0/s1. The SMILES string of the molecule is CC(C)COC(=O)N1CC(O)C[C@H]1C(=O)OCC(=O)c1ccc(C2CCCCC2)cc1. The van der Waals surface area contributed by atoms with Gasteiger partial charge in [-0.25, -0.2) is 9.59 Å². The van der Waals surface area contributed by atoms with Gasteiger partial charge in [-0.1, -0.05) is 57.4 Å². The molecule has 0 aromatic heterocycles. The molecule has 1 aliphatic heterocycles. The Balaban J connectivity index is 1.52. The van der Waals surface area contributed by atoms with E-state index in [0.29, 0.717) is 11.5 Å². The lowest BCUT2D eigenvalue weighted by Crippen LogP contribution is -2.42. The zero-order valence-electron chi connectivity index (χ0n) is 18.4. The average Bonchev–Trinajstić information content (AvgIpc) is 3.18. The highest BCUT2D eigenvalue weighted by Crippen LogP contribution is 2.32. The molecule has 1 saturated carbocycles. The minimum Gasteiger partial charge on any atom is -0.456 e. The molecular formula is C24H33NO6. The average molecular weight is 432 g/mol. The zero-order valence-corrected chi connectivity index (χ0v) is 18.4. The maximum Gasteiger partial charge on any atom is 0.410 e. The van der Waals surface area contributed by atoms with Crippen LogP contribution >= 0.6 is 0 Å². The molecular weight excluding hydrogens is 398 g/mol. The van der Waals surface area contributed by atoms with Gasteiger partial charge in [0.15, 0.2) is 12.4 Å². The molecule has 2 aliphatic rings. The van der Waals surface area contributed by atoms with Gasteiger partial charge in [-0.2, -0.15) is 0 Å². The van der Waals surface area contributed by atoms with E-state index in [9.17, 15) is 19.5 Å². The summed E-state index contributed by atoms with van der Waals surface area (Å²) >= 11 is 0. The zero-order chi connectivity index (χ0) is 22.4. The van der Waals surface area contributed by atoms with Crippen LogP contribution in [0.25, 0.3) is 0 Å². The molecule has 3 rings (SSSR count). The number of likely N-dealkylation sites (tertiary alicyclic amines) is 1. The Morgan fingerprint density at radius 2 is 1.74 bits per heavy atom. The van der Waals surface area contributed by atoms with Crippen LogP contribution in [0, 0.1) is 5.92 Å². The van der Waals surface area contributed by atoms with E-state index < -0.39 is 30.8 Å². The predicted octanol–water partition coefficient (Wildman–Crippen LogP) is 3.69. The summed E-state index contributed by atoms with van der Waals surface area (Å²) in [5.41, 5.74) is 1.75. The number of aliphatic hydroxyl groups is 1. The largest absolute Gasteiger partial charge is 0.456 e. The molecule has 1 amide bonds. The van der Waals surface area contributed by atoms with E-state index in [4.69, 9.17) is 9.47 Å². The first-order valence-corrected chi connectivity index (χ1v) is 11.3. The minimum absolute atomic E-state index is 0.00721. The number of β-amino-alcohol motifs (C(OH)–C–C–N with tert-alkyl or cyclic N) is 1. The second-order valence-electron chi connectivity index (χ2n) is 9.02. The maximum absolute atomic E-state index is 12.5. The van der Waals surface area contributed by atoms with Crippen molar-refractivity contribution in [2.75, 3.05) is 19.8 Å². The Hall–Kier alpha value is -2.41. The molecule has 1 heterocycles. The molecule has 0 radical (unpaired) electrons.